The highest BCUT2D eigenvalue weighted by Crippen LogP contribution is 2.23. The molecule has 0 amide bonds. The van der Waals surface area contributed by atoms with E-state index in [9.17, 15) is 19.8 Å². The molecule has 0 fully saturated rings. The van der Waals surface area contributed by atoms with Gasteiger partial charge in [-0.2, -0.15) is 0 Å². The Morgan fingerprint density at radius 3 is 1.28 bits per heavy atom. The Hall–Kier alpha value is -1.97. The minimum Gasteiger partial charge on any atom is -0.465 e. The summed E-state index contributed by atoms with van der Waals surface area (Å²) in [5.74, 6) is 0.849. The maximum absolute atomic E-state index is 13.1. The highest BCUT2D eigenvalue weighted by molar-refractivity contribution is 5.72. The molecule has 60 heavy (non-hydrogen) atoms. The van der Waals surface area contributed by atoms with Gasteiger partial charge in [0.2, 0.25) is 0 Å². The molecule has 1 aromatic rings. The number of ether oxygens (including phenoxy) is 2. The topological polar surface area (TPSA) is 114 Å². The van der Waals surface area contributed by atoms with Gasteiger partial charge >= 0.3 is 11.9 Å². The first-order valence-electron chi connectivity index (χ1n) is 25.6. The summed E-state index contributed by atoms with van der Waals surface area (Å²) in [5.41, 5.74) is 0. The lowest BCUT2D eigenvalue weighted by Gasteiger charge is -2.28. The van der Waals surface area contributed by atoms with Crippen LogP contribution < -0.4 is 0 Å². The maximum Gasteiger partial charge on any atom is 0.308 e. The molecule has 0 bridgehead atoms. The largest absolute Gasteiger partial charge is 0.465 e. The van der Waals surface area contributed by atoms with E-state index in [0.717, 1.165) is 82.9 Å². The van der Waals surface area contributed by atoms with E-state index in [4.69, 9.17) is 9.47 Å². The molecule has 2 N–H and O–H groups in total. The lowest BCUT2D eigenvalue weighted by Crippen LogP contribution is -2.38. The van der Waals surface area contributed by atoms with Crippen molar-refractivity contribution in [3.63, 3.8) is 0 Å². The van der Waals surface area contributed by atoms with E-state index < -0.39 is 12.2 Å². The Labute approximate surface area is 369 Å². The van der Waals surface area contributed by atoms with Gasteiger partial charge < -0.3 is 24.3 Å². The molecular formula is C51H97N3O6. The number of carbonyl (C=O) groups is 2. The van der Waals surface area contributed by atoms with Gasteiger partial charge in [-0.1, -0.05) is 156 Å². The summed E-state index contributed by atoms with van der Waals surface area (Å²) in [4.78, 5) is 32.9. The average molecular weight is 848 g/mol. The van der Waals surface area contributed by atoms with Gasteiger partial charge in [0, 0.05) is 31.5 Å². The first-order chi connectivity index (χ1) is 29.2. The first kappa shape index (κ1) is 56.0. The lowest BCUT2D eigenvalue weighted by molar-refractivity contribution is -0.150. The Kier molecular flexibility index (Phi) is 36.1. The Bertz CT molecular complexity index is 1070. The number of esters is 2. The molecule has 0 aliphatic rings. The zero-order valence-electron chi connectivity index (χ0n) is 40.2. The summed E-state index contributed by atoms with van der Waals surface area (Å²) in [6.45, 7) is 15.4. The second-order valence-corrected chi connectivity index (χ2v) is 18.4. The van der Waals surface area contributed by atoms with Crippen LogP contribution in [0.5, 0.6) is 0 Å². The molecule has 0 aromatic carbocycles. The second kappa shape index (κ2) is 38.7. The van der Waals surface area contributed by atoms with Crippen molar-refractivity contribution in [2.75, 3.05) is 26.3 Å². The molecule has 1 aromatic heterocycles. The standard InChI is InChI=1S/C51H97N3O6/c1-7-11-15-19-21-25-33-45(31-23-17-13-9-3)50(57)59-39-29-27-35-47(55)41-53(43-49-52-37-38-54(49)44(5)6)42-48(56)36-28-30-40-60-51(58)46(32-24-18-14-10-4)34-26-22-20-16-12-8-2/h37-38,44-48,55-56H,7-36,39-43H2,1-6H3. The van der Waals surface area contributed by atoms with Crippen LogP contribution in [-0.4, -0.2) is 75.1 Å². The smallest absolute Gasteiger partial charge is 0.308 e. The van der Waals surface area contributed by atoms with Crippen LogP contribution in [0.4, 0.5) is 0 Å². The fraction of sp³-hybridized carbons (Fsp3) is 0.902. The number of aliphatic hydroxyl groups excluding tert-OH is 2. The predicted octanol–water partition coefficient (Wildman–Crippen LogP) is 13.1. The van der Waals surface area contributed by atoms with Crippen molar-refractivity contribution >= 4 is 11.9 Å². The van der Waals surface area contributed by atoms with Crippen molar-refractivity contribution in [1.82, 2.24) is 14.5 Å². The average Bonchev–Trinajstić information content (AvgIpc) is 3.70. The molecule has 0 spiro atoms. The molecule has 0 radical (unpaired) electrons. The third-order valence-corrected chi connectivity index (χ3v) is 12.3. The van der Waals surface area contributed by atoms with Gasteiger partial charge in [0.15, 0.2) is 0 Å². The summed E-state index contributed by atoms with van der Waals surface area (Å²) >= 11 is 0. The van der Waals surface area contributed by atoms with E-state index in [1.54, 1.807) is 0 Å². The molecule has 4 atom stereocenters. The molecule has 1 rings (SSSR count). The van der Waals surface area contributed by atoms with E-state index >= 15 is 0 Å². The zero-order chi connectivity index (χ0) is 44.1. The fourth-order valence-electron chi connectivity index (χ4n) is 8.40. The van der Waals surface area contributed by atoms with Crippen molar-refractivity contribution in [3.05, 3.63) is 18.2 Å². The number of hydrogen-bond donors (Lipinski definition) is 2. The Balaban J connectivity index is 2.60. The van der Waals surface area contributed by atoms with Crippen LogP contribution in [0.2, 0.25) is 0 Å². The molecule has 352 valence electrons. The van der Waals surface area contributed by atoms with E-state index in [1.807, 2.05) is 12.4 Å². The molecule has 9 nitrogen and oxygen atoms in total. The fourth-order valence-corrected chi connectivity index (χ4v) is 8.40. The van der Waals surface area contributed by atoms with Crippen molar-refractivity contribution in [1.29, 1.82) is 0 Å². The van der Waals surface area contributed by atoms with Crippen LogP contribution in [0, 0.1) is 11.8 Å². The summed E-state index contributed by atoms with van der Waals surface area (Å²) in [6.07, 6.45) is 34.7. The minimum absolute atomic E-state index is 0.00389. The number of aromatic nitrogens is 2. The van der Waals surface area contributed by atoms with Gasteiger partial charge in [0.1, 0.15) is 5.82 Å². The monoisotopic (exact) mass is 848 g/mol. The van der Waals surface area contributed by atoms with Crippen molar-refractivity contribution in [3.8, 4) is 0 Å². The number of hydrogen-bond acceptors (Lipinski definition) is 8. The third kappa shape index (κ3) is 29.4. The van der Waals surface area contributed by atoms with Gasteiger partial charge in [0.25, 0.3) is 0 Å². The van der Waals surface area contributed by atoms with Gasteiger partial charge in [-0.15, -0.1) is 0 Å². The van der Waals surface area contributed by atoms with Crippen LogP contribution in [0.15, 0.2) is 12.4 Å². The molecule has 0 aliphatic carbocycles. The molecule has 4 unspecified atom stereocenters. The Morgan fingerprint density at radius 1 is 0.550 bits per heavy atom. The van der Waals surface area contributed by atoms with Crippen molar-refractivity contribution in [2.45, 2.75) is 259 Å². The number of carbonyl (C=O) groups excluding carboxylic acids is 2. The highest BCUT2D eigenvalue weighted by atomic mass is 16.5. The number of unbranched alkanes of at least 4 members (excludes halogenated alkanes) is 18. The van der Waals surface area contributed by atoms with Crippen LogP contribution in [0.3, 0.4) is 0 Å². The summed E-state index contributed by atoms with van der Waals surface area (Å²) in [5, 5.41) is 22.3. The van der Waals surface area contributed by atoms with Crippen LogP contribution in [-0.2, 0) is 25.6 Å². The van der Waals surface area contributed by atoms with E-state index in [-0.39, 0.29) is 29.8 Å². The maximum atomic E-state index is 13.1. The normalized spacial score (nSPS) is 13.8. The summed E-state index contributed by atoms with van der Waals surface area (Å²) in [7, 11) is 0. The molecule has 0 saturated heterocycles. The first-order valence-corrected chi connectivity index (χ1v) is 25.6. The predicted molar refractivity (Wildman–Crippen MR) is 250 cm³/mol. The quantitative estimate of drug-likeness (QED) is 0.0493. The number of nitrogens with zero attached hydrogens (tertiary/aromatic N) is 3. The van der Waals surface area contributed by atoms with Crippen LogP contribution in [0.25, 0.3) is 0 Å². The third-order valence-electron chi connectivity index (χ3n) is 12.3. The van der Waals surface area contributed by atoms with E-state index in [1.165, 1.54) is 103 Å². The van der Waals surface area contributed by atoms with Gasteiger partial charge in [-0.25, -0.2) is 4.98 Å². The SMILES string of the molecule is CCCCCCCCC(CCCCCC)C(=O)OCCCCC(O)CN(Cc1nccn1C(C)C)CC(O)CCCCOC(=O)C(CCCCCC)CCCCCCCC. The molecule has 1 heterocycles. The van der Waals surface area contributed by atoms with Gasteiger partial charge in [-0.05, 0) is 78.1 Å². The molecular weight excluding hydrogens is 751 g/mol. The lowest BCUT2D eigenvalue weighted by atomic mass is 9.94. The van der Waals surface area contributed by atoms with Crippen molar-refractivity contribution in [2.24, 2.45) is 11.8 Å². The summed E-state index contributed by atoms with van der Waals surface area (Å²) < 4.78 is 13.8. The Morgan fingerprint density at radius 2 is 0.900 bits per heavy atom. The van der Waals surface area contributed by atoms with Crippen LogP contribution in [0.1, 0.15) is 246 Å². The number of imidazole rings is 1. The number of rotatable bonds is 43. The molecule has 0 saturated carbocycles. The van der Waals surface area contributed by atoms with E-state index in [0.29, 0.717) is 45.7 Å². The van der Waals surface area contributed by atoms with Crippen molar-refractivity contribution < 1.29 is 29.3 Å². The van der Waals surface area contributed by atoms with E-state index in [2.05, 4.69) is 56.0 Å². The summed E-state index contributed by atoms with van der Waals surface area (Å²) in [6, 6.07) is 0.257. The zero-order valence-corrected chi connectivity index (χ0v) is 40.2. The second-order valence-electron chi connectivity index (χ2n) is 18.4. The molecule has 0 aliphatic heterocycles. The van der Waals surface area contributed by atoms with Gasteiger partial charge in [-0.3, -0.25) is 14.5 Å². The van der Waals surface area contributed by atoms with Crippen LogP contribution >= 0.6 is 0 Å². The molecule has 9 heteroatoms. The highest BCUT2D eigenvalue weighted by Gasteiger charge is 2.22. The van der Waals surface area contributed by atoms with Gasteiger partial charge in [0.05, 0.1) is 43.8 Å². The number of aliphatic hydroxyl groups is 2. The minimum atomic E-state index is -0.569.